The van der Waals surface area contributed by atoms with Crippen molar-refractivity contribution in [2.75, 3.05) is 0 Å². The molecule has 2 nitrogen and oxygen atoms in total. The number of amides is 1. The first-order chi connectivity index (χ1) is 9.65. The van der Waals surface area contributed by atoms with E-state index >= 15 is 0 Å². The molecule has 2 unspecified atom stereocenters. The molecular weight excluding hydrogens is 314 g/mol. The maximum atomic E-state index is 12.1. The van der Waals surface area contributed by atoms with E-state index in [1.807, 2.05) is 0 Å². The van der Waals surface area contributed by atoms with E-state index in [1.165, 1.54) is 36.8 Å². The predicted octanol–water partition coefficient (Wildman–Crippen LogP) is 4.14. The average molecular weight is 338 g/mol. The third-order valence-corrected chi connectivity index (χ3v) is 5.10. The monoisotopic (exact) mass is 337 g/mol. The topological polar surface area (TPSA) is 29.1 Å². The molecule has 20 heavy (non-hydrogen) atoms. The van der Waals surface area contributed by atoms with Gasteiger partial charge in [0.25, 0.3) is 0 Å². The summed E-state index contributed by atoms with van der Waals surface area (Å²) in [5.74, 6) is 0.183. The summed E-state index contributed by atoms with van der Waals surface area (Å²) in [6, 6.07) is 8.71. The Morgan fingerprint density at radius 1 is 1.30 bits per heavy atom. The van der Waals surface area contributed by atoms with Crippen LogP contribution in [0.1, 0.15) is 49.7 Å². The zero-order valence-corrected chi connectivity index (χ0v) is 13.8. The number of carbonyl (C=O) groups is 1. The Bertz CT molecular complexity index is 446. The summed E-state index contributed by atoms with van der Waals surface area (Å²) in [6.45, 7) is 2.09. The second-order valence-corrected chi connectivity index (χ2v) is 6.99. The highest BCUT2D eigenvalue weighted by molar-refractivity contribution is 9.09. The zero-order chi connectivity index (χ0) is 14.4. The Labute approximate surface area is 130 Å². The Balaban J connectivity index is 1.80. The standard InChI is InChI=1S/C17H24BrNO/c1-13-6-5-7-14(12-13)10-11-17(20)19-16-9-4-2-3-8-15(16)18/h5-7,12,15-16H,2-4,8-11H2,1H3,(H,19,20). The number of hydrogen-bond donors (Lipinski definition) is 1. The minimum atomic E-state index is 0.183. The van der Waals surface area contributed by atoms with Gasteiger partial charge < -0.3 is 5.32 Å². The number of carbonyl (C=O) groups excluding carboxylic acids is 1. The molecule has 1 saturated carbocycles. The molecule has 0 spiro atoms. The van der Waals surface area contributed by atoms with Gasteiger partial charge in [-0.1, -0.05) is 65.0 Å². The van der Waals surface area contributed by atoms with Crippen molar-refractivity contribution in [3.8, 4) is 0 Å². The lowest BCUT2D eigenvalue weighted by molar-refractivity contribution is -0.121. The minimum absolute atomic E-state index is 0.183. The van der Waals surface area contributed by atoms with Gasteiger partial charge in [-0.05, 0) is 31.7 Å². The third kappa shape index (κ3) is 4.93. The lowest BCUT2D eigenvalue weighted by Gasteiger charge is -2.21. The molecule has 0 heterocycles. The highest BCUT2D eigenvalue weighted by atomic mass is 79.9. The van der Waals surface area contributed by atoms with Crippen LogP contribution >= 0.6 is 15.9 Å². The lowest BCUT2D eigenvalue weighted by atomic mass is 10.1. The second kappa shape index (κ2) is 7.82. The van der Waals surface area contributed by atoms with Gasteiger partial charge in [-0.2, -0.15) is 0 Å². The number of rotatable bonds is 4. The first-order valence-electron chi connectivity index (χ1n) is 7.64. The molecule has 0 radical (unpaired) electrons. The molecule has 0 saturated heterocycles. The normalized spacial score (nSPS) is 23.1. The molecule has 1 aromatic rings. The first kappa shape index (κ1) is 15.6. The van der Waals surface area contributed by atoms with Gasteiger partial charge in [0.2, 0.25) is 5.91 Å². The van der Waals surface area contributed by atoms with Crippen LogP contribution in [0.25, 0.3) is 0 Å². The molecule has 0 aromatic heterocycles. The smallest absolute Gasteiger partial charge is 0.220 e. The van der Waals surface area contributed by atoms with Crippen molar-refractivity contribution in [2.24, 2.45) is 0 Å². The van der Waals surface area contributed by atoms with Crippen molar-refractivity contribution in [2.45, 2.75) is 62.7 Å². The van der Waals surface area contributed by atoms with Crippen LogP contribution in [0.15, 0.2) is 24.3 Å². The van der Waals surface area contributed by atoms with Crippen LogP contribution in [0, 0.1) is 6.92 Å². The number of hydrogen-bond acceptors (Lipinski definition) is 1. The van der Waals surface area contributed by atoms with Gasteiger partial charge in [-0.15, -0.1) is 0 Å². The van der Waals surface area contributed by atoms with E-state index < -0.39 is 0 Å². The van der Waals surface area contributed by atoms with Crippen LogP contribution in [-0.4, -0.2) is 16.8 Å². The largest absolute Gasteiger partial charge is 0.352 e. The van der Waals surface area contributed by atoms with E-state index in [4.69, 9.17) is 0 Å². The van der Waals surface area contributed by atoms with Gasteiger partial charge in [0, 0.05) is 17.3 Å². The molecule has 1 N–H and O–H groups in total. The van der Waals surface area contributed by atoms with Crippen LogP contribution in [-0.2, 0) is 11.2 Å². The van der Waals surface area contributed by atoms with Gasteiger partial charge >= 0.3 is 0 Å². The molecule has 0 aliphatic heterocycles. The molecule has 3 heteroatoms. The van der Waals surface area contributed by atoms with Crippen molar-refractivity contribution >= 4 is 21.8 Å². The maximum absolute atomic E-state index is 12.1. The molecule has 1 amide bonds. The summed E-state index contributed by atoms with van der Waals surface area (Å²) in [6.07, 6.45) is 7.47. The Morgan fingerprint density at radius 3 is 2.90 bits per heavy atom. The second-order valence-electron chi connectivity index (χ2n) is 5.82. The summed E-state index contributed by atoms with van der Waals surface area (Å²) in [5, 5.41) is 3.21. The fourth-order valence-corrected chi connectivity index (χ4v) is 3.55. The predicted molar refractivity (Wildman–Crippen MR) is 87.2 cm³/mol. The maximum Gasteiger partial charge on any atom is 0.220 e. The fraction of sp³-hybridized carbons (Fsp3) is 0.588. The molecule has 2 atom stereocenters. The van der Waals surface area contributed by atoms with Crippen molar-refractivity contribution < 1.29 is 4.79 Å². The van der Waals surface area contributed by atoms with Crippen molar-refractivity contribution in [1.82, 2.24) is 5.32 Å². The van der Waals surface area contributed by atoms with E-state index in [9.17, 15) is 4.79 Å². The summed E-state index contributed by atoms with van der Waals surface area (Å²) < 4.78 is 0. The van der Waals surface area contributed by atoms with E-state index in [-0.39, 0.29) is 5.91 Å². The molecule has 1 aliphatic carbocycles. The van der Waals surface area contributed by atoms with Crippen molar-refractivity contribution in [3.63, 3.8) is 0 Å². The average Bonchev–Trinajstić information content (AvgIpc) is 2.62. The molecular formula is C17H24BrNO. The van der Waals surface area contributed by atoms with E-state index in [2.05, 4.69) is 52.4 Å². The van der Waals surface area contributed by atoms with Crippen molar-refractivity contribution in [1.29, 1.82) is 0 Å². The summed E-state index contributed by atoms with van der Waals surface area (Å²) in [5.41, 5.74) is 2.50. The van der Waals surface area contributed by atoms with Gasteiger partial charge in [0.05, 0.1) is 0 Å². The Kier molecular flexibility index (Phi) is 6.08. The fourth-order valence-electron chi connectivity index (χ4n) is 2.83. The van der Waals surface area contributed by atoms with Crippen LogP contribution in [0.5, 0.6) is 0 Å². The third-order valence-electron chi connectivity index (χ3n) is 4.00. The number of nitrogens with one attached hydrogen (secondary N) is 1. The Morgan fingerprint density at radius 2 is 2.10 bits per heavy atom. The lowest BCUT2D eigenvalue weighted by Crippen LogP contribution is -2.40. The summed E-state index contributed by atoms with van der Waals surface area (Å²) >= 11 is 3.72. The van der Waals surface area contributed by atoms with Crippen LogP contribution in [0.4, 0.5) is 0 Å². The number of benzene rings is 1. The van der Waals surface area contributed by atoms with Gasteiger partial charge in [-0.3, -0.25) is 4.79 Å². The molecule has 1 aromatic carbocycles. The first-order valence-corrected chi connectivity index (χ1v) is 8.55. The van der Waals surface area contributed by atoms with Gasteiger partial charge in [0.15, 0.2) is 0 Å². The van der Waals surface area contributed by atoms with Gasteiger partial charge in [-0.25, -0.2) is 0 Å². The SMILES string of the molecule is Cc1cccc(CCC(=O)NC2CCCCCC2Br)c1. The van der Waals surface area contributed by atoms with E-state index in [0.717, 1.165) is 12.8 Å². The minimum Gasteiger partial charge on any atom is -0.352 e. The quantitative estimate of drug-likeness (QED) is 0.649. The number of halogens is 1. The van der Waals surface area contributed by atoms with Crippen LogP contribution in [0.2, 0.25) is 0 Å². The van der Waals surface area contributed by atoms with Crippen molar-refractivity contribution in [3.05, 3.63) is 35.4 Å². The number of alkyl halides is 1. The Hall–Kier alpha value is -0.830. The van der Waals surface area contributed by atoms with E-state index in [1.54, 1.807) is 0 Å². The molecule has 1 fully saturated rings. The summed E-state index contributed by atoms with van der Waals surface area (Å²) in [7, 11) is 0. The highest BCUT2D eigenvalue weighted by Crippen LogP contribution is 2.23. The number of aryl methyl sites for hydroxylation is 2. The highest BCUT2D eigenvalue weighted by Gasteiger charge is 2.22. The van der Waals surface area contributed by atoms with E-state index in [0.29, 0.717) is 17.3 Å². The molecule has 1 aliphatic rings. The van der Waals surface area contributed by atoms with Crippen LogP contribution < -0.4 is 5.32 Å². The van der Waals surface area contributed by atoms with Crippen LogP contribution in [0.3, 0.4) is 0 Å². The molecule has 0 bridgehead atoms. The summed E-state index contributed by atoms with van der Waals surface area (Å²) in [4.78, 5) is 12.5. The molecule has 110 valence electrons. The molecule has 2 rings (SSSR count). The van der Waals surface area contributed by atoms with Gasteiger partial charge in [0.1, 0.15) is 0 Å². The zero-order valence-electron chi connectivity index (χ0n) is 12.2.